The number of aliphatic hydroxyl groups excluding tert-OH is 1. The molecule has 0 spiro atoms. The van der Waals surface area contributed by atoms with Gasteiger partial charge in [0.15, 0.2) is 0 Å². The Morgan fingerprint density at radius 3 is 2.67 bits per heavy atom. The molecule has 3 nitrogen and oxygen atoms in total. The number of halogens is 1. The molecule has 4 heteroatoms. The molecule has 2 aromatic rings. The van der Waals surface area contributed by atoms with Gasteiger partial charge in [-0.2, -0.15) is 0 Å². The smallest absolute Gasteiger partial charge is 0.0759 e. The molecule has 0 saturated carbocycles. The summed E-state index contributed by atoms with van der Waals surface area (Å²) in [5.74, 6) is 0. The summed E-state index contributed by atoms with van der Waals surface area (Å²) in [6, 6.07) is 5.40. The Kier molecular flexibility index (Phi) is 2.94. The summed E-state index contributed by atoms with van der Waals surface area (Å²) in [4.78, 5) is 8.13. The third-order valence-electron chi connectivity index (χ3n) is 2.06. The van der Waals surface area contributed by atoms with Crippen LogP contribution < -0.4 is 0 Å². The van der Waals surface area contributed by atoms with Crippen LogP contribution in [0.2, 0.25) is 5.02 Å². The molecule has 0 aliphatic carbocycles. The van der Waals surface area contributed by atoms with Gasteiger partial charge >= 0.3 is 0 Å². The van der Waals surface area contributed by atoms with Gasteiger partial charge < -0.3 is 5.11 Å². The molecule has 0 aliphatic heterocycles. The summed E-state index contributed by atoms with van der Waals surface area (Å²) >= 11 is 5.80. The van der Waals surface area contributed by atoms with Crippen LogP contribution in [-0.4, -0.2) is 15.1 Å². The van der Waals surface area contributed by atoms with Crippen LogP contribution in [-0.2, 0) is 6.61 Å². The van der Waals surface area contributed by atoms with E-state index < -0.39 is 0 Å². The molecule has 0 aromatic carbocycles. The molecule has 0 fully saturated rings. The second-order valence-electron chi connectivity index (χ2n) is 3.06. The number of hydrogen-bond donors (Lipinski definition) is 1. The van der Waals surface area contributed by atoms with Crippen molar-refractivity contribution in [2.45, 2.75) is 6.61 Å². The van der Waals surface area contributed by atoms with Crippen LogP contribution in [0.4, 0.5) is 0 Å². The van der Waals surface area contributed by atoms with Gasteiger partial charge in [-0.3, -0.25) is 9.97 Å². The van der Waals surface area contributed by atoms with Gasteiger partial charge in [-0.1, -0.05) is 11.6 Å². The lowest BCUT2D eigenvalue weighted by Crippen LogP contribution is -1.93. The number of pyridine rings is 2. The molecule has 0 saturated heterocycles. The van der Waals surface area contributed by atoms with Gasteiger partial charge in [-0.15, -0.1) is 0 Å². The fourth-order valence-corrected chi connectivity index (χ4v) is 1.55. The summed E-state index contributed by atoms with van der Waals surface area (Å²) in [5.41, 5.74) is 2.38. The van der Waals surface area contributed by atoms with Crippen molar-refractivity contribution in [3.05, 3.63) is 47.4 Å². The third kappa shape index (κ3) is 2.14. The highest BCUT2D eigenvalue weighted by Crippen LogP contribution is 2.23. The van der Waals surface area contributed by atoms with Gasteiger partial charge in [0.05, 0.1) is 17.3 Å². The van der Waals surface area contributed by atoms with E-state index in [-0.39, 0.29) is 6.61 Å². The van der Waals surface area contributed by atoms with E-state index in [1.807, 2.05) is 12.1 Å². The van der Waals surface area contributed by atoms with Crippen LogP contribution >= 0.6 is 11.6 Å². The monoisotopic (exact) mass is 220 g/mol. The first-order chi connectivity index (χ1) is 7.31. The Balaban J connectivity index is 2.53. The Morgan fingerprint density at radius 2 is 2.00 bits per heavy atom. The number of hydrogen-bond acceptors (Lipinski definition) is 3. The fraction of sp³-hybridized carbons (Fsp3) is 0.0909. The van der Waals surface area contributed by atoms with Crippen LogP contribution in [0, 0.1) is 0 Å². The van der Waals surface area contributed by atoms with Crippen molar-refractivity contribution in [1.29, 1.82) is 0 Å². The molecule has 0 bridgehead atoms. The van der Waals surface area contributed by atoms with Crippen LogP contribution in [0.25, 0.3) is 11.3 Å². The fourth-order valence-electron chi connectivity index (χ4n) is 1.37. The molecule has 0 unspecified atom stereocenters. The van der Waals surface area contributed by atoms with E-state index in [4.69, 9.17) is 11.6 Å². The number of aliphatic hydroxyl groups is 1. The summed E-state index contributed by atoms with van der Waals surface area (Å²) < 4.78 is 0. The zero-order valence-electron chi connectivity index (χ0n) is 7.89. The maximum absolute atomic E-state index is 9.19. The number of rotatable bonds is 2. The van der Waals surface area contributed by atoms with Crippen LogP contribution in [0.1, 0.15) is 5.56 Å². The van der Waals surface area contributed by atoms with E-state index in [0.717, 1.165) is 11.3 Å². The van der Waals surface area contributed by atoms with Crippen molar-refractivity contribution < 1.29 is 5.11 Å². The van der Waals surface area contributed by atoms with Gasteiger partial charge in [-0.05, 0) is 18.2 Å². The largest absolute Gasteiger partial charge is 0.392 e. The van der Waals surface area contributed by atoms with E-state index in [1.165, 1.54) is 0 Å². The molecular weight excluding hydrogens is 212 g/mol. The highest BCUT2D eigenvalue weighted by atomic mass is 35.5. The van der Waals surface area contributed by atoms with Gasteiger partial charge in [0.25, 0.3) is 0 Å². The van der Waals surface area contributed by atoms with Crippen molar-refractivity contribution in [2.24, 2.45) is 0 Å². The molecule has 0 atom stereocenters. The maximum atomic E-state index is 9.19. The van der Waals surface area contributed by atoms with E-state index >= 15 is 0 Å². The highest BCUT2D eigenvalue weighted by molar-refractivity contribution is 6.30. The lowest BCUT2D eigenvalue weighted by molar-refractivity contribution is 0.282. The standard InChI is InChI=1S/C11H9ClN2O/c12-10-5-9(7-15)11(14-6-10)8-1-3-13-4-2-8/h1-6,15H,7H2. The molecular formula is C11H9ClN2O. The number of aromatic nitrogens is 2. The molecule has 2 aromatic heterocycles. The highest BCUT2D eigenvalue weighted by Gasteiger charge is 2.06. The average Bonchev–Trinajstić information content (AvgIpc) is 2.30. The van der Waals surface area contributed by atoms with Crippen LogP contribution in [0.15, 0.2) is 36.8 Å². The second-order valence-corrected chi connectivity index (χ2v) is 3.49. The molecule has 15 heavy (non-hydrogen) atoms. The van der Waals surface area contributed by atoms with Crippen LogP contribution in [0.3, 0.4) is 0 Å². The molecule has 2 rings (SSSR count). The molecule has 2 heterocycles. The zero-order chi connectivity index (χ0) is 10.7. The van der Waals surface area contributed by atoms with E-state index in [9.17, 15) is 5.11 Å². The van der Waals surface area contributed by atoms with Crippen molar-refractivity contribution >= 4 is 11.6 Å². The summed E-state index contributed by atoms with van der Waals surface area (Å²) in [6.07, 6.45) is 4.94. The first kappa shape index (κ1) is 10.1. The summed E-state index contributed by atoms with van der Waals surface area (Å²) in [7, 11) is 0. The molecule has 76 valence electrons. The Bertz CT molecular complexity index is 459. The van der Waals surface area contributed by atoms with Crippen molar-refractivity contribution in [1.82, 2.24) is 9.97 Å². The lowest BCUT2D eigenvalue weighted by Gasteiger charge is -2.06. The third-order valence-corrected chi connectivity index (χ3v) is 2.26. The minimum atomic E-state index is -0.0782. The Morgan fingerprint density at radius 1 is 1.27 bits per heavy atom. The van der Waals surface area contributed by atoms with E-state index in [0.29, 0.717) is 10.6 Å². The van der Waals surface area contributed by atoms with Crippen molar-refractivity contribution in [2.75, 3.05) is 0 Å². The van der Waals surface area contributed by atoms with Gasteiger partial charge in [0.1, 0.15) is 0 Å². The van der Waals surface area contributed by atoms with Gasteiger partial charge in [0, 0.05) is 29.7 Å². The lowest BCUT2D eigenvalue weighted by atomic mass is 10.1. The minimum absolute atomic E-state index is 0.0782. The normalized spacial score (nSPS) is 10.3. The minimum Gasteiger partial charge on any atom is -0.392 e. The second kappa shape index (κ2) is 4.38. The molecule has 1 N–H and O–H groups in total. The molecule has 0 aliphatic rings. The summed E-state index contributed by atoms with van der Waals surface area (Å²) in [5, 5.41) is 9.71. The predicted molar refractivity (Wildman–Crippen MR) is 58.4 cm³/mol. The quantitative estimate of drug-likeness (QED) is 0.845. The topological polar surface area (TPSA) is 46.0 Å². The van der Waals surface area contributed by atoms with Crippen molar-refractivity contribution in [3.63, 3.8) is 0 Å². The summed E-state index contributed by atoms with van der Waals surface area (Å²) in [6.45, 7) is -0.0782. The maximum Gasteiger partial charge on any atom is 0.0759 e. The Labute approximate surface area is 92.4 Å². The first-order valence-electron chi connectivity index (χ1n) is 4.47. The Hall–Kier alpha value is -1.45. The van der Waals surface area contributed by atoms with Gasteiger partial charge in [-0.25, -0.2) is 0 Å². The molecule has 0 amide bonds. The van der Waals surface area contributed by atoms with E-state index in [1.54, 1.807) is 24.7 Å². The van der Waals surface area contributed by atoms with Crippen molar-refractivity contribution in [3.8, 4) is 11.3 Å². The number of nitrogens with zero attached hydrogens (tertiary/aromatic N) is 2. The SMILES string of the molecule is OCc1cc(Cl)cnc1-c1ccncc1. The predicted octanol–water partition coefficient (Wildman–Crippen LogP) is 2.29. The van der Waals surface area contributed by atoms with E-state index in [2.05, 4.69) is 9.97 Å². The van der Waals surface area contributed by atoms with Crippen LogP contribution in [0.5, 0.6) is 0 Å². The van der Waals surface area contributed by atoms with Gasteiger partial charge in [0.2, 0.25) is 0 Å². The zero-order valence-corrected chi connectivity index (χ0v) is 8.65. The average molecular weight is 221 g/mol. The first-order valence-corrected chi connectivity index (χ1v) is 4.84. The molecule has 0 radical (unpaired) electrons.